The molecular formula is C28H34FN5O4. The highest BCUT2D eigenvalue weighted by molar-refractivity contribution is 6.09. The van der Waals surface area contributed by atoms with Gasteiger partial charge in [0.05, 0.1) is 17.7 Å². The summed E-state index contributed by atoms with van der Waals surface area (Å²) >= 11 is 0. The van der Waals surface area contributed by atoms with Gasteiger partial charge in [-0.25, -0.2) is 14.4 Å². The van der Waals surface area contributed by atoms with Gasteiger partial charge in [0.1, 0.15) is 35.2 Å². The molecular weight excluding hydrogens is 489 g/mol. The first kappa shape index (κ1) is 26.1. The fourth-order valence-corrected chi connectivity index (χ4v) is 5.02. The van der Waals surface area contributed by atoms with Gasteiger partial charge in [0.2, 0.25) is 5.91 Å². The Bertz CT molecular complexity index is 1360. The standard InChI is InChI=1S/C28H34FN5O4/c1-14-10-20(22(11-21(14)29)38-12-17-4-5-17)24-26-25(31-13-30-24)23(15(2)32-26)28(37)34-19-8-6-18(7-9-19)33-27(36)16(3)35/h10-11,13,16-19,32,35H,4-9,12H2,1-3H3,(H,33,36)(H,34,37)/t16-,18-,19+/m0/s1. The zero-order valence-electron chi connectivity index (χ0n) is 21.9. The number of ether oxygens (including phenoxy) is 1. The van der Waals surface area contributed by atoms with Crippen molar-refractivity contribution < 1.29 is 23.8 Å². The lowest BCUT2D eigenvalue weighted by atomic mass is 9.90. The van der Waals surface area contributed by atoms with E-state index in [1.54, 1.807) is 13.0 Å². The first-order valence-electron chi connectivity index (χ1n) is 13.3. The van der Waals surface area contributed by atoms with E-state index in [2.05, 4.69) is 25.6 Å². The van der Waals surface area contributed by atoms with Crippen LogP contribution in [0, 0.1) is 25.6 Å². The molecule has 1 atom stereocenters. The molecule has 0 saturated heterocycles. The number of carbonyl (C=O) groups is 2. The van der Waals surface area contributed by atoms with E-state index < -0.39 is 6.10 Å². The summed E-state index contributed by atoms with van der Waals surface area (Å²) in [4.78, 5) is 37.4. The van der Waals surface area contributed by atoms with Gasteiger partial charge in [-0.1, -0.05) is 0 Å². The summed E-state index contributed by atoms with van der Waals surface area (Å²) in [6.07, 6.45) is 5.49. The van der Waals surface area contributed by atoms with Gasteiger partial charge >= 0.3 is 0 Å². The van der Waals surface area contributed by atoms with E-state index in [0.29, 0.717) is 70.2 Å². The van der Waals surface area contributed by atoms with Crippen LogP contribution in [0.4, 0.5) is 4.39 Å². The van der Waals surface area contributed by atoms with E-state index in [4.69, 9.17) is 4.74 Å². The lowest BCUT2D eigenvalue weighted by Crippen LogP contribution is -2.46. The molecule has 2 aliphatic rings. The number of carbonyl (C=O) groups excluding carboxylic acids is 2. The summed E-state index contributed by atoms with van der Waals surface area (Å²) in [5.41, 5.74) is 3.90. The molecule has 2 aromatic heterocycles. The Labute approximate surface area is 220 Å². The predicted octanol–water partition coefficient (Wildman–Crippen LogP) is 3.71. The van der Waals surface area contributed by atoms with Crippen LogP contribution in [0.1, 0.15) is 67.1 Å². The highest BCUT2D eigenvalue weighted by atomic mass is 19.1. The highest BCUT2D eigenvalue weighted by Crippen LogP contribution is 2.37. The number of aliphatic hydroxyl groups is 1. The molecule has 2 heterocycles. The molecule has 10 heteroatoms. The molecule has 2 saturated carbocycles. The number of nitrogens with one attached hydrogen (secondary N) is 3. The van der Waals surface area contributed by atoms with Gasteiger partial charge < -0.3 is 25.5 Å². The van der Waals surface area contributed by atoms with Crippen molar-refractivity contribution in [3.05, 3.63) is 41.1 Å². The molecule has 0 unspecified atom stereocenters. The normalized spacial score (nSPS) is 20.2. The van der Waals surface area contributed by atoms with Gasteiger partial charge in [-0.05, 0) is 76.8 Å². The Hall–Kier alpha value is -3.53. The second-order valence-electron chi connectivity index (χ2n) is 10.6. The Morgan fingerprint density at radius 2 is 1.79 bits per heavy atom. The van der Waals surface area contributed by atoms with Crippen LogP contribution in [0.2, 0.25) is 0 Å². The fourth-order valence-electron chi connectivity index (χ4n) is 5.02. The number of aromatic nitrogens is 3. The summed E-state index contributed by atoms with van der Waals surface area (Å²) in [5, 5.41) is 15.4. The average molecular weight is 524 g/mol. The summed E-state index contributed by atoms with van der Waals surface area (Å²) < 4.78 is 20.4. The molecule has 2 fully saturated rings. The molecule has 202 valence electrons. The van der Waals surface area contributed by atoms with E-state index in [1.165, 1.54) is 19.3 Å². The predicted molar refractivity (Wildman–Crippen MR) is 140 cm³/mol. The third-order valence-electron chi connectivity index (χ3n) is 7.47. The number of hydrogen-bond acceptors (Lipinski definition) is 6. The van der Waals surface area contributed by atoms with Crippen LogP contribution in [0.25, 0.3) is 22.3 Å². The summed E-state index contributed by atoms with van der Waals surface area (Å²) in [7, 11) is 0. The van der Waals surface area contributed by atoms with Crippen LogP contribution in [0.15, 0.2) is 18.5 Å². The van der Waals surface area contributed by atoms with E-state index >= 15 is 0 Å². The SMILES string of the molecule is Cc1cc(-c2ncnc3c(C(=O)N[C@H]4CC[C@@H](NC(=O)[C@H](C)O)CC4)c(C)[nH]c23)c(OCC2CC2)cc1F. The van der Waals surface area contributed by atoms with Crippen LogP contribution < -0.4 is 15.4 Å². The molecule has 3 aromatic rings. The molecule has 1 aromatic carbocycles. The first-order valence-corrected chi connectivity index (χ1v) is 13.3. The van der Waals surface area contributed by atoms with E-state index in [1.807, 2.05) is 6.92 Å². The van der Waals surface area contributed by atoms with Crippen molar-refractivity contribution in [1.82, 2.24) is 25.6 Å². The lowest BCUT2D eigenvalue weighted by molar-refractivity contribution is -0.129. The molecule has 0 radical (unpaired) electrons. The Morgan fingerprint density at radius 1 is 1.11 bits per heavy atom. The zero-order chi connectivity index (χ0) is 27.0. The maximum atomic E-state index is 14.4. The number of hydrogen-bond donors (Lipinski definition) is 4. The van der Waals surface area contributed by atoms with E-state index in [0.717, 1.165) is 25.7 Å². The van der Waals surface area contributed by atoms with Crippen molar-refractivity contribution in [1.29, 1.82) is 0 Å². The number of rotatable bonds is 8. The van der Waals surface area contributed by atoms with Gasteiger partial charge in [0, 0.05) is 29.4 Å². The van der Waals surface area contributed by atoms with Crippen molar-refractivity contribution >= 4 is 22.8 Å². The second kappa shape index (κ2) is 10.7. The number of aryl methyl sites for hydroxylation is 2. The topological polar surface area (TPSA) is 129 Å². The molecule has 9 nitrogen and oxygen atoms in total. The number of nitrogens with zero attached hydrogens (tertiary/aromatic N) is 2. The van der Waals surface area contributed by atoms with Crippen LogP contribution in [0.5, 0.6) is 5.75 Å². The van der Waals surface area contributed by atoms with Gasteiger partial charge in [0.25, 0.3) is 5.91 Å². The number of aliphatic hydroxyl groups excluding tert-OH is 1. The maximum absolute atomic E-state index is 14.4. The third-order valence-corrected chi connectivity index (χ3v) is 7.47. The number of aromatic amines is 1. The zero-order valence-corrected chi connectivity index (χ0v) is 21.9. The molecule has 4 N–H and O–H groups in total. The molecule has 38 heavy (non-hydrogen) atoms. The number of amides is 2. The monoisotopic (exact) mass is 523 g/mol. The maximum Gasteiger partial charge on any atom is 0.255 e. The van der Waals surface area contributed by atoms with Gasteiger partial charge in [0.15, 0.2) is 0 Å². The third kappa shape index (κ3) is 5.50. The van der Waals surface area contributed by atoms with Crippen LogP contribution in [0.3, 0.4) is 0 Å². The van der Waals surface area contributed by atoms with Crippen LogP contribution in [-0.4, -0.2) is 56.7 Å². The quantitative estimate of drug-likeness (QED) is 0.356. The van der Waals surface area contributed by atoms with Crippen molar-refractivity contribution in [2.75, 3.05) is 6.61 Å². The molecule has 2 aliphatic carbocycles. The van der Waals surface area contributed by atoms with E-state index in [9.17, 15) is 19.1 Å². The van der Waals surface area contributed by atoms with Crippen LogP contribution in [-0.2, 0) is 4.79 Å². The summed E-state index contributed by atoms with van der Waals surface area (Å²) in [6, 6.07) is 3.09. The number of fused-ring (bicyclic) bond motifs is 1. The Morgan fingerprint density at radius 3 is 2.45 bits per heavy atom. The molecule has 2 amide bonds. The van der Waals surface area contributed by atoms with Gasteiger partial charge in [-0.15, -0.1) is 0 Å². The number of benzene rings is 1. The molecule has 5 rings (SSSR count). The smallest absolute Gasteiger partial charge is 0.255 e. The fraction of sp³-hybridized carbons (Fsp3) is 0.500. The largest absolute Gasteiger partial charge is 0.492 e. The minimum atomic E-state index is -1.04. The summed E-state index contributed by atoms with van der Waals surface area (Å²) in [6.45, 7) is 5.50. The van der Waals surface area contributed by atoms with Crippen molar-refractivity contribution in [3.63, 3.8) is 0 Å². The van der Waals surface area contributed by atoms with Crippen molar-refractivity contribution in [3.8, 4) is 17.0 Å². The van der Waals surface area contributed by atoms with E-state index in [-0.39, 0.29) is 29.7 Å². The summed E-state index contributed by atoms with van der Waals surface area (Å²) in [5.74, 6) is -0.00845. The highest BCUT2D eigenvalue weighted by Gasteiger charge is 2.28. The molecule has 0 spiro atoms. The molecule has 0 bridgehead atoms. The minimum Gasteiger partial charge on any atom is -0.492 e. The number of halogens is 1. The van der Waals surface area contributed by atoms with Crippen molar-refractivity contribution in [2.24, 2.45) is 5.92 Å². The van der Waals surface area contributed by atoms with Crippen molar-refractivity contribution in [2.45, 2.75) is 77.5 Å². The average Bonchev–Trinajstić information content (AvgIpc) is 3.65. The first-order chi connectivity index (χ1) is 18.2. The number of H-pyrrole nitrogens is 1. The molecule has 0 aliphatic heterocycles. The van der Waals surface area contributed by atoms with Crippen LogP contribution >= 0.6 is 0 Å². The van der Waals surface area contributed by atoms with Gasteiger partial charge in [-0.3, -0.25) is 9.59 Å². The minimum absolute atomic E-state index is 0.00845. The second-order valence-corrected chi connectivity index (χ2v) is 10.6. The Balaban J connectivity index is 1.37. The Kier molecular flexibility index (Phi) is 7.34. The lowest BCUT2D eigenvalue weighted by Gasteiger charge is -2.30. The van der Waals surface area contributed by atoms with Gasteiger partial charge in [-0.2, -0.15) is 0 Å².